The molecule has 2 rings (SSSR count). The van der Waals surface area contributed by atoms with Crippen molar-refractivity contribution in [3.05, 3.63) is 0 Å². The van der Waals surface area contributed by atoms with E-state index in [1.54, 1.807) is 0 Å². The highest BCUT2D eigenvalue weighted by atomic mass is 16.5. The first-order valence-corrected chi connectivity index (χ1v) is 8.05. The second-order valence-electron chi connectivity index (χ2n) is 5.97. The fourth-order valence-electron chi connectivity index (χ4n) is 2.91. The number of imide groups is 1. The average Bonchev–Trinajstić information content (AvgIpc) is 3.07. The standard InChI is InChI=1S/C15H23N3O5/c1-2-3-8-16-11(19)10-23-12(20)9-18-13(21)15(17-14(18)22)6-4-5-7-15/h2-10H2,1H3,(H,16,19)(H,17,22). The first-order valence-electron chi connectivity index (χ1n) is 8.05. The summed E-state index contributed by atoms with van der Waals surface area (Å²) in [5.74, 6) is -1.53. The topological polar surface area (TPSA) is 105 Å². The molecule has 2 N–H and O–H groups in total. The number of carbonyl (C=O) groups is 4. The summed E-state index contributed by atoms with van der Waals surface area (Å²) in [6, 6.07) is -0.568. The van der Waals surface area contributed by atoms with Gasteiger partial charge in [0.05, 0.1) is 0 Å². The Morgan fingerprint density at radius 2 is 2.00 bits per heavy atom. The van der Waals surface area contributed by atoms with Gasteiger partial charge in [-0.2, -0.15) is 0 Å². The zero-order valence-corrected chi connectivity index (χ0v) is 13.4. The number of hydrogen-bond donors (Lipinski definition) is 2. The van der Waals surface area contributed by atoms with Crippen molar-refractivity contribution in [2.24, 2.45) is 0 Å². The van der Waals surface area contributed by atoms with Gasteiger partial charge >= 0.3 is 12.0 Å². The fourth-order valence-corrected chi connectivity index (χ4v) is 2.91. The van der Waals surface area contributed by atoms with E-state index in [0.29, 0.717) is 19.4 Å². The van der Waals surface area contributed by atoms with Crippen molar-refractivity contribution in [1.82, 2.24) is 15.5 Å². The molecule has 23 heavy (non-hydrogen) atoms. The molecule has 8 heteroatoms. The third-order valence-corrected chi connectivity index (χ3v) is 4.21. The lowest BCUT2D eigenvalue weighted by Crippen LogP contribution is -2.44. The molecule has 4 amide bonds. The van der Waals surface area contributed by atoms with Crippen LogP contribution in [-0.2, 0) is 19.1 Å². The van der Waals surface area contributed by atoms with Crippen molar-refractivity contribution < 1.29 is 23.9 Å². The molecule has 2 aliphatic rings. The van der Waals surface area contributed by atoms with E-state index in [0.717, 1.165) is 30.6 Å². The molecule has 1 saturated carbocycles. The van der Waals surface area contributed by atoms with Crippen LogP contribution in [-0.4, -0.2) is 54.0 Å². The van der Waals surface area contributed by atoms with Crippen LogP contribution in [0.2, 0.25) is 0 Å². The van der Waals surface area contributed by atoms with E-state index in [2.05, 4.69) is 10.6 Å². The molecule has 0 radical (unpaired) electrons. The van der Waals surface area contributed by atoms with Crippen molar-refractivity contribution in [3.8, 4) is 0 Å². The molecule has 0 aromatic rings. The number of esters is 1. The van der Waals surface area contributed by atoms with Crippen LogP contribution < -0.4 is 10.6 Å². The third kappa shape index (κ3) is 4.00. The van der Waals surface area contributed by atoms with Gasteiger partial charge in [-0.1, -0.05) is 26.2 Å². The highest BCUT2D eigenvalue weighted by Gasteiger charge is 2.52. The normalized spacial score (nSPS) is 19.1. The minimum absolute atomic E-state index is 0.371. The van der Waals surface area contributed by atoms with Crippen LogP contribution in [0.25, 0.3) is 0 Å². The molecule has 128 valence electrons. The smallest absolute Gasteiger partial charge is 0.326 e. The number of nitrogens with one attached hydrogen (secondary N) is 2. The van der Waals surface area contributed by atoms with Crippen LogP contribution in [0.3, 0.4) is 0 Å². The first kappa shape index (κ1) is 17.2. The third-order valence-electron chi connectivity index (χ3n) is 4.21. The Balaban J connectivity index is 1.78. The summed E-state index contributed by atoms with van der Waals surface area (Å²) in [4.78, 5) is 48.3. The largest absolute Gasteiger partial charge is 0.454 e. The number of amides is 4. The Labute approximate surface area is 134 Å². The molecule has 0 aromatic heterocycles. The first-order chi connectivity index (χ1) is 11.0. The van der Waals surface area contributed by atoms with E-state index in [-0.39, 0.29) is 5.91 Å². The molecular weight excluding hydrogens is 302 g/mol. The molecule has 1 aliphatic carbocycles. The van der Waals surface area contributed by atoms with E-state index >= 15 is 0 Å². The number of unbranched alkanes of at least 4 members (excludes halogenated alkanes) is 1. The lowest BCUT2D eigenvalue weighted by Gasteiger charge is -2.19. The van der Waals surface area contributed by atoms with Crippen molar-refractivity contribution >= 4 is 23.8 Å². The van der Waals surface area contributed by atoms with Gasteiger partial charge in [0.2, 0.25) is 0 Å². The Morgan fingerprint density at radius 1 is 1.30 bits per heavy atom. The highest BCUT2D eigenvalue weighted by molar-refractivity contribution is 6.08. The van der Waals surface area contributed by atoms with Gasteiger partial charge in [0.1, 0.15) is 12.1 Å². The van der Waals surface area contributed by atoms with Crippen molar-refractivity contribution in [2.45, 2.75) is 51.0 Å². The maximum absolute atomic E-state index is 12.3. The van der Waals surface area contributed by atoms with E-state index in [1.165, 1.54) is 0 Å². The molecule has 0 unspecified atom stereocenters. The van der Waals surface area contributed by atoms with Gasteiger partial charge in [0.15, 0.2) is 6.61 Å². The van der Waals surface area contributed by atoms with Crippen molar-refractivity contribution in [1.29, 1.82) is 0 Å². The Morgan fingerprint density at radius 3 is 2.65 bits per heavy atom. The van der Waals surface area contributed by atoms with Gasteiger partial charge in [-0.05, 0) is 19.3 Å². The summed E-state index contributed by atoms with van der Waals surface area (Å²) in [5, 5.41) is 5.30. The molecule has 1 heterocycles. The zero-order chi connectivity index (χ0) is 16.9. The molecule has 0 aromatic carbocycles. The summed E-state index contributed by atoms with van der Waals surface area (Å²) in [6.07, 6.45) is 4.76. The second kappa shape index (κ2) is 7.43. The maximum atomic E-state index is 12.3. The van der Waals surface area contributed by atoms with Gasteiger partial charge in [-0.15, -0.1) is 0 Å². The van der Waals surface area contributed by atoms with Crippen LogP contribution in [0.15, 0.2) is 0 Å². The number of urea groups is 1. The number of carbonyl (C=O) groups excluding carboxylic acids is 4. The SMILES string of the molecule is CCCCNC(=O)COC(=O)CN1C(=O)NC2(CCCC2)C1=O. The van der Waals surface area contributed by atoms with Gasteiger partial charge in [-0.25, -0.2) is 4.79 Å². The van der Waals surface area contributed by atoms with Gasteiger partial charge in [-0.3, -0.25) is 19.3 Å². The van der Waals surface area contributed by atoms with Gasteiger partial charge < -0.3 is 15.4 Å². The number of rotatable bonds is 7. The fraction of sp³-hybridized carbons (Fsp3) is 0.733. The Bertz CT molecular complexity index is 499. The van der Waals surface area contributed by atoms with Crippen molar-refractivity contribution in [3.63, 3.8) is 0 Å². The Hall–Kier alpha value is -2.12. The molecule has 2 fully saturated rings. The van der Waals surface area contributed by atoms with Gasteiger partial charge in [0, 0.05) is 6.54 Å². The number of nitrogens with zero attached hydrogens (tertiary/aromatic N) is 1. The van der Waals surface area contributed by atoms with Crippen LogP contribution >= 0.6 is 0 Å². The van der Waals surface area contributed by atoms with E-state index in [9.17, 15) is 19.2 Å². The molecule has 0 atom stereocenters. The van der Waals surface area contributed by atoms with Crippen molar-refractivity contribution in [2.75, 3.05) is 19.7 Å². The minimum Gasteiger partial charge on any atom is -0.454 e. The predicted octanol–water partition coefficient (Wildman–Crippen LogP) is 0.311. The summed E-state index contributed by atoms with van der Waals surface area (Å²) >= 11 is 0. The average molecular weight is 325 g/mol. The van der Waals surface area contributed by atoms with E-state index in [1.807, 2.05) is 6.92 Å². The maximum Gasteiger partial charge on any atom is 0.326 e. The molecule has 0 bridgehead atoms. The molecule has 1 spiro atoms. The molecule has 1 saturated heterocycles. The second-order valence-corrected chi connectivity index (χ2v) is 5.97. The zero-order valence-electron chi connectivity index (χ0n) is 13.4. The number of ether oxygens (including phenoxy) is 1. The molecule has 1 aliphatic heterocycles. The summed E-state index contributed by atoms with van der Waals surface area (Å²) in [5.41, 5.74) is -0.838. The van der Waals surface area contributed by atoms with Crippen LogP contribution in [0, 0.1) is 0 Å². The molecular formula is C15H23N3O5. The lowest BCUT2D eigenvalue weighted by molar-refractivity contribution is -0.151. The highest BCUT2D eigenvalue weighted by Crippen LogP contribution is 2.34. The van der Waals surface area contributed by atoms with Crippen LogP contribution in [0.5, 0.6) is 0 Å². The van der Waals surface area contributed by atoms with Gasteiger partial charge in [0.25, 0.3) is 11.8 Å². The summed E-state index contributed by atoms with van der Waals surface area (Å²) in [6.45, 7) is 1.66. The van der Waals surface area contributed by atoms with E-state index in [4.69, 9.17) is 4.74 Å². The summed E-state index contributed by atoms with van der Waals surface area (Å²) < 4.78 is 4.82. The molecule has 8 nitrogen and oxygen atoms in total. The van der Waals surface area contributed by atoms with Crippen LogP contribution in [0.4, 0.5) is 4.79 Å². The summed E-state index contributed by atoms with van der Waals surface area (Å²) in [7, 11) is 0. The predicted molar refractivity (Wildman–Crippen MR) is 80.3 cm³/mol. The number of hydrogen-bond acceptors (Lipinski definition) is 5. The Kier molecular flexibility index (Phi) is 5.57. The monoisotopic (exact) mass is 325 g/mol. The minimum atomic E-state index is -0.838. The lowest BCUT2D eigenvalue weighted by atomic mass is 9.98. The quantitative estimate of drug-likeness (QED) is 0.398. The van der Waals surface area contributed by atoms with E-state index < -0.39 is 36.6 Å². The van der Waals surface area contributed by atoms with Crippen LogP contribution in [0.1, 0.15) is 45.4 Å².